The first-order valence-corrected chi connectivity index (χ1v) is 7.44. The van der Waals surface area contributed by atoms with Crippen molar-refractivity contribution in [1.82, 2.24) is 4.90 Å². The van der Waals surface area contributed by atoms with Crippen molar-refractivity contribution in [3.8, 4) is 0 Å². The van der Waals surface area contributed by atoms with Gasteiger partial charge < -0.3 is 4.90 Å². The summed E-state index contributed by atoms with van der Waals surface area (Å²) in [6.45, 7) is 3.21. The van der Waals surface area contributed by atoms with Crippen molar-refractivity contribution in [2.24, 2.45) is 0 Å². The lowest BCUT2D eigenvalue weighted by Gasteiger charge is -2.15. The number of hydrogen-bond donors (Lipinski definition) is 0. The number of aryl methyl sites for hydroxylation is 1. The van der Waals surface area contributed by atoms with Gasteiger partial charge in [0, 0.05) is 30.0 Å². The molecule has 0 amide bonds. The molecule has 0 N–H and O–H groups in total. The average Bonchev–Trinajstić information content (AvgIpc) is 2.92. The predicted molar refractivity (Wildman–Crippen MR) is 80.7 cm³/mol. The smallest absolute Gasteiger partial charge is 0.164 e. The second-order valence-electron chi connectivity index (χ2n) is 4.95. The van der Waals surface area contributed by atoms with Crippen molar-refractivity contribution >= 4 is 17.1 Å². The van der Waals surface area contributed by atoms with E-state index in [1.54, 1.807) is 30.4 Å². The van der Waals surface area contributed by atoms with E-state index in [0.29, 0.717) is 24.1 Å². The number of ketones is 1. The summed E-state index contributed by atoms with van der Waals surface area (Å²) in [5.41, 5.74) is 1.02. The molecule has 0 aliphatic rings. The molecule has 1 aromatic carbocycles. The Labute approximate surface area is 122 Å². The summed E-state index contributed by atoms with van der Waals surface area (Å²) >= 11 is 1.71. The van der Waals surface area contributed by atoms with Crippen LogP contribution in [0.2, 0.25) is 0 Å². The van der Waals surface area contributed by atoms with E-state index in [0.717, 1.165) is 6.54 Å². The van der Waals surface area contributed by atoms with E-state index >= 15 is 0 Å². The number of halogens is 1. The van der Waals surface area contributed by atoms with Gasteiger partial charge in [-0.15, -0.1) is 11.3 Å². The molecule has 2 nitrogen and oxygen atoms in total. The van der Waals surface area contributed by atoms with E-state index < -0.39 is 0 Å². The molecule has 0 spiro atoms. The minimum absolute atomic E-state index is 0.0121. The Balaban J connectivity index is 1.86. The molecule has 0 unspecified atom stereocenters. The van der Waals surface area contributed by atoms with Crippen LogP contribution in [-0.2, 0) is 6.54 Å². The third kappa shape index (κ3) is 3.99. The molecular weight excluding hydrogens is 273 g/mol. The molecule has 1 heterocycles. The molecule has 106 valence electrons. The maximum atomic E-state index is 13.4. The Morgan fingerprint density at radius 2 is 2.15 bits per heavy atom. The van der Waals surface area contributed by atoms with Gasteiger partial charge in [-0.2, -0.15) is 0 Å². The Morgan fingerprint density at radius 3 is 2.80 bits per heavy atom. The van der Waals surface area contributed by atoms with Crippen LogP contribution in [0.4, 0.5) is 4.39 Å². The summed E-state index contributed by atoms with van der Waals surface area (Å²) in [5.74, 6) is -0.329. The zero-order chi connectivity index (χ0) is 14.5. The summed E-state index contributed by atoms with van der Waals surface area (Å²) in [7, 11) is 1.99. The SMILES string of the molecule is Cc1ccc(C(=O)CCN(C)Cc2cccs2)cc1F. The summed E-state index contributed by atoms with van der Waals surface area (Å²) in [5, 5.41) is 2.05. The van der Waals surface area contributed by atoms with Crippen molar-refractivity contribution in [2.75, 3.05) is 13.6 Å². The third-order valence-electron chi connectivity index (χ3n) is 3.22. The number of carbonyl (C=O) groups is 1. The van der Waals surface area contributed by atoms with Crippen LogP contribution in [-0.4, -0.2) is 24.3 Å². The molecule has 0 atom stereocenters. The van der Waals surface area contributed by atoms with E-state index in [1.165, 1.54) is 10.9 Å². The van der Waals surface area contributed by atoms with Gasteiger partial charge in [-0.05, 0) is 37.0 Å². The van der Waals surface area contributed by atoms with E-state index in [9.17, 15) is 9.18 Å². The summed E-state index contributed by atoms with van der Waals surface area (Å²) < 4.78 is 13.4. The molecule has 1 aromatic heterocycles. The lowest BCUT2D eigenvalue weighted by molar-refractivity contribution is 0.0967. The fourth-order valence-corrected chi connectivity index (χ4v) is 2.73. The van der Waals surface area contributed by atoms with E-state index in [4.69, 9.17) is 0 Å². The Kier molecular flexibility index (Phi) is 5.04. The van der Waals surface area contributed by atoms with Gasteiger partial charge in [-0.1, -0.05) is 18.2 Å². The molecule has 0 bridgehead atoms. The fraction of sp³-hybridized carbons (Fsp3) is 0.312. The van der Waals surface area contributed by atoms with Gasteiger partial charge in [0.1, 0.15) is 5.82 Å². The molecule has 0 aliphatic carbocycles. The highest BCUT2D eigenvalue weighted by molar-refractivity contribution is 7.09. The number of thiophene rings is 1. The van der Waals surface area contributed by atoms with Crippen LogP contribution < -0.4 is 0 Å². The summed E-state index contributed by atoms with van der Waals surface area (Å²) in [6.07, 6.45) is 0.407. The van der Waals surface area contributed by atoms with E-state index in [1.807, 2.05) is 18.5 Å². The Bertz CT molecular complexity index is 580. The van der Waals surface area contributed by atoms with Crippen LogP contribution in [0.25, 0.3) is 0 Å². The van der Waals surface area contributed by atoms with Crippen LogP contribution in [0.3, 0.4) is 0 Å². The van der Waals surface area contributed by atoms with Gasteiger partial charge in [0.15, 0.2) is 5.78 Å². The van der Waals surface area contributed by atoms with Gasteiger partial charge >= 0.3 is 0 Å². The second kappa shape index (κ2) is 6.77. The molecule has 0 fully saturated rings. The first-order valence-electron chi connectivity index (χ1n) is 6.56. The van der Waals surface area contributed by atoms with Crippen LogP contribution >= 0.6 is 11.3 Å². The second-order valence-corrected chi connectivity index (χ2v) is 5.99. The maximum absolute atomic E-state index is 13.4. The lowest BCUT2D eigenvalue weighted by Crippen LogP contribution is -2.21. The number of rotatable bonds is 6. The van der Waals surface area contributed by atoms with Crippen LogP contribution in [0, 0.1) is 12.7 Å². The Hall–Kier alpha value is -1.52. The number of nitrogens with zero attached hydrogens (tertiary/aromatic N) is 1. The normalized spacial score (nSPS) is 11.0. The first kappa shape index (κ1) is 14.9. The summed E-state index contributed by atoms with van der Waals surface area (Å²) in [6, 6.07) is 8.78. The molecule has 2 aromatic rings. The van der Waals surface area contributed by atoms with Gasteiger partial charge in [0.25, 0.3) is 0 Å². The molecule has 0 aliphatic heterocycles. The molecular formula is C16H18FNOS. The highest BCUT2D eigenvalue weighted by Crippen LogP contribution is 2.13. The number of hydrogen-bond acceptors (Lipinski definition) is 3. The molecule has 0 saturated heterocycles. The molecule has 20 heavy (non-hydrogen) atoms. The quantitative estimate of drug-likeness (QED) is 0.752. The molecule has 4 heteroatoms. The topological polar surface area (TPSA) is 20.3 Å². The number of Topliss-reactive ketones (excluding diaryl/α,β-unsaturated/α-hetero) is 1. The molecule has 0 radical (unpaired) electrons. The minimum atomic E-state index is -0.317. The fourth-order valence-electron chi connectivity index (χ4n) is 1.95. The minimum Gasteiger partial charge on any atom is -0.301 e. The lowest BCUT2D eigenvalue weighted by atomic mass is 10.1. The maximum Gasteiger partial charge on any atom is 0.164 e. The molecule has 2 rings (SSSR count). The van der Waals surface area contributed by atoms with Crippen molar-refractivity contribution in [1.29, 1.82) is 0 Å². The van der Waals surface area contributed by atoms with Crippen LogP contribution in [0.15, 0.2) is 35.7 Å². The molecule has 0 saturated carbocycles. The zero-order valence-corrected chi connectivity index (χ0v) is 12.5. The summed E-state index contributed by atoms with van der Waals surface area (Å²) in [4.78, 5) is 15.4. The Morgan fingerprint density at radius 1 is 1.35 bits per heavy atom. The zero-order valence-electron chi connectivity index (χ0n) is 11.7. The third-order valence-corrected chi connectivity index (χ3v) is 4.08. The van der Waals surface area contributed by atoms with E-state index in [2.05, 4.69) is 11.0 Å². The van der Waals surface area contributed by atoms with Gasteiger partial charge in [0.05, 0.1) is 0 Å². The van der Waals surface area contributed by atoms with Crippen molar-refractivity contribution < 1.29 is 9.18 Å². The number of carbonyl (C=O) groups excluding carboxylic acids is 1. The first-order chi connectivity index (χ1) is 9.56. The average molecular weight is 291 g/mol. The highest BCUT2D eigenvalue weighted by Gasteiger charge is 2.10. The highest BCUT2D eigenvalue weighted by atomic mass is 32.1. The van der Waals surface area contributed by atoms with Crippen molar-refractivity contribution in [3.63, 3.8) is 0 Å². The van der Waals surface area contributed by atoms with E-state index in [-0.39, 0.29) is 11.6 Å². The van der Waals surface area contributed by atoms with Gasteiger partial charge in [-0.3, -0.25) is 4.79 Å². The largest absolute Gasteiger partial charge is 0.301 e. The predicted octanol–water partition coefficient (Wildman–Crippen LogP) is 3.90. The van der Waals surface area contributed by atoms with Crippen LogP contribution in [0.1, 0.15) is 27.2 Å². The van der Waals surface area contributed by atoms with Crippen molar-refractivity contribution in [2.45, 2.75) is 19.9 Å². The monoisotopic (exact) mass is 291 g/mol. The number of benzene rings is 1. The van der Waals surface area contributed by atoms with Gasteiger partial charge in [0.2, 0.25) is 0 Å². The van der Waals surface area contributed by atoms with Crippen molar-refractivity contribution in [3.05, 3.63) is 57.5 Å². The van der Waals surface area contributed by atoms with Gasteiger partial charge in [-0.25, -0.2) is 4.39 Å². The standard InChI is InChI=1S/C16H18FNOS/c1-12-5-6-13(10-15(12)17)16(19)7-8-18(2)11-14-4-3-9-20-14/h3-6,9-10H,7-8,11H2,1-2H3. The van der Waals surface area contributed by atoms with Crippen LogP contribution in [0.5, 0.6) is 0 Å².